The van der Waals surface area contributed by atoms with Crippen molar-refractivity contribution in [3.63, 3.8) is 0 Å². The Labute approximate surface area is 121 Å². The fraction of sp³-hybridized carbons (Fsp3) is 0.0909. The van der Waals surface area contributed by atoms with Crippen LogP contribution in [-0.4, -0.2) is 16.1 Å². The van der Waals surface area contributed by atoms with E-state index in [2.05, 4.69) is 26.2 Å². The molecule has 0 aliphatic heterocycles. The van der Waals surface area contributed by atoms with Gasteiger partial charge in [-0.25, -0.2) is 9.78 Å². The lowest BCUT2D eigenvalue weighted by atomic mass is 10.3. The maximum absolute atomic E-state index is 10.9. The molecule has 0 bridgehead atoms. The van der Waals surface area contributed by atoms with E-state index in [0.717, 1.165) is 10.2 Å². The molecule has 1 heterocycles. The molecule has 7 heteroatoms. The highest BCUT2D eigenvalue weighted by molar-refractivity contribution is 9.10. The third-order valence-electron chi connectivity index (χ3n) is 2.17. The smallest absolute Gasteiger partial charge is 0.355 e. The predicted molar refractivity (Wildman–Crippen MR) is 76.2 cm³/mol. The highest BCUT2D eigenvalue weighted by Crippen LogP contribution is 2.29. The van der Waals surface area contributed by atoms with E-state index in [1.165, 1.54) is 11.3 Å². The van der Waals surface area contributed by atoms with Crippen molar-refractivity contribution in [3.8, 4) is 0 Å². The van der Waals surface area contributed by atoms with Gasteiger partial charge in [0.1, 0.15) is 0 Å². The van der Waals surface area contributed by atoms with E-state index in [1.807, 2.05) is 0 Å². The van der Waals surface area contributed by atoms with Crippen LogP contribution in [0.1, 0.15) is 15.4 Å². The molecule has 0 atom stereocenters. The summed E-state index contributed by atoms with van der Waals surface area (Å²) in [6.45, 7) is 1.73. The summed E-state index contributed by atoms with van der Waals surface area (Å²) in [6, 6.07) is 5.34. The highest BCUT2D eigenvalue weighted by atomic mass is 79.9. The van der Waals surface area contributed by atoms with Gasteiger partial charge in [-0.15, -0.1) is 11.3 Å². The Bertz CT molecular complexity index is 615. The third kappa shape index (κ3) is 2.82. The van der Waals surface area contributed by atoms with Crippen molar-refractivity contribution in [1.29, 1.82) is 0 Å². The van der Waals surface area contributed by atoms with Gasteiger partial charge in [0.05, 0.1) is 5.02 Å². The average Bonchev–Trinajstić information content (AvgIpc) is 2.65. The van der Waals surface area contributed by atoms with Crippen LogP contribution in [0.15, 0.2) is 22.7 Å². The van der Waals surface area contributed by atoms with E-state index < -0.39 is 5.97 Å². The maximum Gasteiger partial charge on any atom is 0.355 e. The molecule has 0 amide bonds. The number of nitrogens with one attached hydrogen (secondary N) is 1. The molecule has 0 aliphatic rings. The third-order valence-corrected chi connectivity index (χ3v) is 4.27. The number of aryl methyl sites for hydroxylation is 1. The highest BCUT2D eigenvalue weighted by Gasteiger charge is 2.14. The molecule has 0 spiro atoms. The lowest BCUT2D eigenvalue weighted by molar-refractivity contribution is 0.0690. The molecule has 0 saturated carbocycles. The second-order valence-electron chi connectivity index (χ2n) is 3.48. The van der Waals surface area contributed by atoms with Gasteiger partial charge in [0.2, 0.25) is 0 Å². The van der Waals surface area contributed by atoms with E-state index in [0.29, 0.717) is 15.0 Å². The molecule has 2 N–H and O–H groups in total. The molecule has 94 valence electrons. The van der Waals surface area contributed by atoms with Crippen molar-refractivity contribution in [2.75, 3.05) is 5.32 Å². The van der Waals surface area contributed by atoms with Crippen LogP contribution >= 0.6 is 38.9 Å². The van der Waals surface area contributed by atoms with Gasteiger partial charge in [-0.05, 0) is 41.1 Å². The van der Waals surface area contributed by atoms with Gasteiger partial charge < -0.3 is 10.4 Å². The minimum atomic E-state index is -1.02. The second kappa shape index (κ2) is 5.26. The monoisotopic (exact) mass is 346 g/mol. The second-order valence-corrected chi connectivity index (χ2v) is 5.95. The molecule has 0 saturated heterocycles. The number of thiazole rings is 1. The lowest BCUT2D eigenvalue weighted by Gasteiger charge is -2.03. The lowest BCUT2D eigenvalue weighted by Crippen LogP contribution is -1.99. The van der Waals surface area contributed by atoms with Crippen LogP contribution in [0.2, 0.25) is 5.02 Å². The van der Waals surface area contributed by atoms with Gasteiger partial charge in [-0.2, -0.15) is 0 Å². The van der Waals surface area contributed by atoms with E-state index in [1.54, 1.807) is 25.1 Å². The van der Waals surface area contributed by atoms with E-state index in [4.69, 9.17) is 16.7 Å². The zero-order valence-electron chi connectivity index (χ0n) is 9.20. The first-order valence-electron chi connectivity index (χ1n) is 4.90. The van der Waals surface area contributed by atoms with Crippen LogP contribution < -0.4 is 5.32 Å². The summed E-state index contributed by atoms with van der Waals surface area (Å²) in [5.74, 6) is -1.02. The molecular weight excluding hydrogens is 340 g/mol. The van der Waals surface area contributed by atoms with Gasteiger partial charge in [-0.3, -0.25) is 0 Å². The number of hydrogen-bond donors (Lipinski definition) is 2. The molecule has 0 aliphatic carbocycles. The van der Waals surface area contributed by atoms with E-state index in [9.17, 15) is 4.79 Å². The van der Waals surface area contributed by atoms with Crippen molar-refractivity contribution >= 4 is 55.7 Å². The molecule has 4 nitrogen and oxygen atoms in total. The number of benzene rings is 1. The van der Waals surface area contributed by atoms with Crippen LogP contribution in [-0.2, 0) is 0 Å². The quantitative estimate of drug-likeness (QED) is 0.868. The normalized spacial score (nSPS) is 10.4. The van der Waals surface area contributed by atoms with E-state index >= 15 is 0 Å². The largest absolute Gasteiger partial charge is 0.476 e. The molecule has 18 heavy (non-hydrogen) atoms. The SMILES string of the molecule is Cc1sc(Nc2ccc(Cl)c(Br)c2)nc1C(=O)O. The van der Waals surface area contributed by atoms with Crippen molar-refractivity contribution in [2.45, 2.75) is 6.92 Å². The number of nitrogens with zero attached hydrogens (tertiary/aromatic N) is 1. The van der Waals surface area contributed by atoms with Gasteiger partial charge >= 0.3 is 5.97 Å². The van der Waals surface area contributed by atoms with Crippen LogP contribution in [0.25, 0.3) is 0 Å². The zero-order valence-corrected chi connectivity index (χ0v) is 12.4. The number of carboxylic acids is 1. The van der Waals surface area contributed by atoms with Gasteiger partial charge in [0.25, 0.3) is 0 Å². The molecule has 2 rings (SSSR count). The first kappa shape index (κ1) is 13.3. The maximum atomic E-state index is 10.9. The van der Waals surface area contributed by atoms with Crippen LogP contribution in [0.5, 0.6) is 0 Å². The molecular formula is C11H8BrClN2O2S. The molecule has 0 fully saturated rings. The Balaban J connectivity index is 2.26. The summed E-state index contributed by atoms with van der Waals surface area (Å²) < 4.78 is 0.765. The summed E-state index contributed by atoms with van der Waals surface area (Å²) in [7, 11) is 0. The number of aromatic nitrogens is 1. The van der Waals surface area contributed by atoms with Crippen molar-refractivity contribution < 1.29 is 9.90 Å². The molecule has 1 aromatic heterocycles. The topological polar surface area (TPSA) is 62.2 Å². The van der Waals surface area contributed by atoms with Crippen molar-refractivity contribution in [2.24, 2.45) is 0 Å². The summed E-state index contributed by atoms with van der Waals surface area (Å²) in [5, 5.41) is 13.1. The molecule has 0 radical (unpaired) electrons. The van der Waals surface area contributed by atoms with Crippen molar-refractivity contribution in [1.82, 2.24) is 4.98 Å². The number of anilines is 2. The minimum Gasteiger partial charge on any atom is -0.476 e. The fourth-order valence-corrected chi connectivity index (χ4v) is 2.67. The summed E-state index contributed by atoms with van der Waals surface area (Å²) in [5.41, 5.74) is 0.868. The average molecular weight is 348 g/mol. The van der Waals surface area contributed by atoms with Gasteiger partial charge in [0, 0.05) is 15.0 Å². The minimum absolute atomic E-state index is 0.0792. The fourth-order valence-electron chi connectivity index (χ4n) is 1.35. The summed E-state index contributed by atoms with van der Waals surface area (Å²) in [4.78, 5) is 15.6. The zero-order chi connectivity index (χ0) is 13.3. The number of halogens is 2. The molecule has 1 aromatic carbocycles. The number of rotatable bonds is 3. The van der Waals surface area contributed by atoms with Crippen molar-refractivity contribution in [3.05, 3.63) is 38.3 Å². The number of aromatic carboxylic acids is 1. The van der Waals surface area contributed by atoms with Crippen LogP contribution in [0.3, 0.4) is 0 Å². The Kier molecular flexibility index (Phi) is 3.89. The first-order valence-corrected chi connectivity index (χ1v) is 6.89. The first-order chi connectivity index (χ1) is 8.47. The Morgan fingerprint density at radius 1 is 1.56 bits per heavy atom. The van der Waals surface area contributed by atoms with Crippen LogP contribution in [0, 0.1) is 6.92 Å². The van der Waals surface area contributed by atoms with Gasteiger partial charge in [0.15, 0.2) is 10.8 Å². The summed E-state index contributed by atoms with van der Waals surface area (Å²) >= 11 is 10.5. The summed E-state index contributed by atoms with van der Waals surface area (Å²) in [6.07, 6.45) is 0. The van der Waals surface area contributed by atoms with Crippen LogP contribution in [0.4, 0.5) is 10.8 Å². The standard InChI is InChI=1S/C11H8BrClN2O2S/c1-5-9(10(16)17)15-11(18-5)14-6-2-3-8(13)7(12)4-6/h2-4H,1H3,(H,14,15)(H,16,17). The number of carbonyl (C=O) groups is 1. The Morgan fingerprint density at radius 3 is 2.83 bits per heavy atom. The Morgan fingerprint density at radius 2 is 2.28 bits per heavy atom. The Hall–Kier alpha value is -1.11. The van der Waals surface area contributed by atoms with E-state index in [-0.39, 0.29) is 5.69 Å². The number of carboxylic acid groups (broad SMARTS) is 1. The predicted octanol–water partition coefficient (Wildman–Crippen LogP) is 4.31. The number of hydrogen-bond acceptors (Lipinski definition) is 4. The molecule has 0 unspecified atom stereocenters. The van der Waals surface area contributed by atoms with Gasteiger partial charge in [-0.1, -0.05) is 11.6 Å². The molecule has 2 aromatic rings.